The van der Waals surface area contributed by atoms with Crippen molar-refractivity contribution in [3.63, 3.8) is 0 Å². The number of piperidine rings is 1. The summed E-state index contributed by atoms with van der Waals surface area (Å²) in [6.07, 6.45) is 1.42. The molecule has 0 radical (unpaired) electrons. The molecule has 0 bridgehead atoms. The second kappa shape index (κ2) is 4.12. The van der Waals surface area contributed by atoms with Crippen LogP contribution in [-0.2, 0) is 0 Å². The first-order valence-corrected chi connectivity index (χ1v) is 6.27. The number of halogens is 2. The zero-order valence-corrected chi connectivity index (χ0v) is 10.2. The highest BCUT2D eigenvalue weighted by Crippen LogP contribution is 2.41. The lowest BCUT2D eigenvalue weighted by atomic mass is 9.71. The monoisotopic (exact) mass is 251 g/mol. The van der Waals surface area contributed by atoms with Crippen LogP contribution in [0.2, 0.25) is 0 Å². The van der Waals surface area contributed by atoms with E-state index in [0.717, 1.165) is 25.6 Å². The number of rotatable bonds is 0. The number of carbonyl (C=O) groups excluding carboxylic acids is 1. The third-order valence-electron chi connectivity index (χ3n) is 4.20. The van der Waals surface area contributed by atoms with E-state index in [9.17, 15) is 13.6 Å². The number of benzene rings is 1. The molecule has 1 saturated heterocycles. The Morgan fingerprint density at radius 1 is 1.28 bits per heavy atom. The topological polar surface area (TPSA) is 20.3 Å². The van der Waals surface area contributed by atoms with Crippen molar-refractivity contribution in [3.8, 4) is 0 Å². The van der Waals surface area contributed by atoms with Crippen molar-refractivity contribution in [1.82, 2.24) is 4.90 Å². The minimum absolute atomic E-state index is 0.0466. The maximum Gasteiger partial charge on any atom is 0.163 e. The first-order valence-electron chi connectivity index (χ1n) is 6.27. The number of hydrogen-bond acceptors (Lipinski definition) is 2. The van der Waals surface area contributed by atoms with Crippen molar-refractivity contribution >= 4 is 5.78 Å². The maximum absolute atomic E-state index is 13.4. The van der Waals surface area contributed by atoms with Crippen LogP contribution >= 0.6 is 0 Å². The summed E-state index contributed by atoms with van der Waals surface area (Å²) in [5.41, 5.74) is 1.08. The summed E-state index contributed by atoms with van der Waals surface area (Å²) >= 11 is 0. The molecule has 3 rings (SSSR count). The summed E-state index contributed by atoms with van der Waals surface area (Å²) in [5, 5.41) is 0. The summed E-state index contributed by atoms with van der Waals surface area (Å²) in [5.74, 6) is -1.38. The molecule has 96 valence electrons. The van der Waals surface area contributed by atoms with Gasteiger partial charge in [0, 0.05) is 24.4 Å². The molecular formula is C14H15F2NO. The molecule has 18 heavy (non-hydrogen) atoms. The van der Waals surface area contributed by atoms with Crippen molar-refractivity contribution in [3.05, 3.63) is 34.9 Å². The van der Waals surface area contributed by atoms with Crippen LogP contribution in [0, 0.1) is 17.6 Å². The number of fused-ring (bicyclic) bond motifs is 3. The SMILES string of the molecule is CN1CC[C@@H]2CC(=O)c3cc(F)c(F)cc3[C@H]2C1. The molecule has 2 nitrogen and oxygen atoms in total. The van der Waals surface area contributed by atoms with E-state index >= 15 is 0 Å². The van der Waals surface area contributed by atoms with Crippen LogP contribution in [0.3, 0.4) is 0 Å². The van der Waals surface area contributed by atoms with E-state index in [0.29, 0.717) is 17.5 Å². The van der Waals surface area contributed by atoms with Crippen LogP contribution in [0.25, 0.3) is 0 Å². The van der Waals surface area contributed by atoms with Crippen LogP contribution < -0.4 is 0 Å². The predicted molar refractivity (Wildman–Crippen MR) is 63.7 cm³/mol. The molecule has 0 saturated carbocycles. The van der Waals surface area contributed by atoms with Gasteiger partial charge in [0.15, 0.2) is 17.4 Å². The number of nitrogens with zero attached hydrogens (tertiary/aromatic N) is 1. The van der Waals surface area contributed by atoms with E-state index in [1.54, 1.807) is 0 Å². The fraction of sp³-hybridized carbons (Fsp3) is 0.500. The largest absolute Gasteiger partial charge is 0.306 e. The molecule has 1 aliphatic carbocycles. The van der Waals surface area contributed by atoms with Gasteiger partial charge < -0.3 is 4.90 Å². The molecule has 0 unspecified atom stereocenters. The zero-order chi connectivity index (χ0) is 12.9. The molecule has 1 heterocycles. The van der Waals surface area contributed by atoms with Crippen LogP contribution in [-0.4, -0.2) is 30.8 Å². The normalized spacial score (nSPS) is 27.8. The molecule has 0 spiro atoms. The van der Waals surface area contributed by atoms with Gasteiger partial charge in [0.05, 0.1) is 0 Å². The van der Waals surface area contributed by atoms with E-state index in [2.05, 4.69) is 4.90 Å². The summed E-state index contributed by atoms with van der Waals surface area (Å²) in [4.78, 5) is 14.2. The Morgan fingerprint density at radius 3 is 2.78 bits per heavy atom. The highest BCUT2D eigenvalue weighted by Gasteiger charge is 2.37. The summed E-state index contributed by atoms with van der Waals surface area (Å²) in [7, 11) is 2.02. The smallest absolute Gasteiger partial charge is 0.163 e. The standard InChI is InChI=1S/C14H15F2NO/c1-17-3-2-8-4-14(18)10-6-13(16)12(15)5-9(10)11(8)7-17/h5-6,8,11H,2-4,7H2,1H3/t8-,11+/m1/s1. The van der Waals surface area contributed by atoms with Gasteiger partial charge in [0.1, 0.15) is 0 Å². The molecule has 0 aromatic heterocycles. The van der Waals surface area contributed by atoms with Gasteiger partial charge in [-0.05, 0) is 43.6 Å². The lowest BCUT2D eigenvalue weighted by Gasteiger charge is -2.40. The van der Waals surface area contributed by atoms with Gasteiger partial charge in [-0.25, -0.2) is 8.78 Å². The molecule has 2 atom stereocenters. The van der Waals surface area contributed by atoms with Crippen molar-refractivity contribution in [2.24, 2.45) is 5.92 Å². The molecule has 2 aliphatic rings. The fourth-order valence-corrected chi connectivity index (χ4v) is 3.22. The Kier molecular flexibility index (Phi) is 2.70. The van der Waals surface area contributed by atoms with Gasteiger partial charge in [-0.15, -0.1) is 0 Å². The lowest BCUT2D eigenvalue weighted by Crippen LogP contribution is -2.40. The average molecular weight is 251 g/mol. The number of likely N-dealkylation sites (N-methyl/N-ethyl adjacent to an activating group) is 1. The minimum Gasteiger partial charge on any atom is -0.306 e. The molecule has 1 aliphatic heterocycles. The van der Waals surface area contributed by atoms with Crippen LogP contribution in [0.15, 0.2) is 12.1 Å². The van der Waals surface area contributed by atoms with E-state index in [1.807, 2.05) is 7.05 Å². The third kappa shape index (κ3) is 1.75. The molecule has 1 fully saturated rings. The number of likely N-dealkylation sites (tertiary alicyclic amines) is 1. The summed E-state index contributed by atoms with van der Waals surface area (Å²) in [6, 6.07) is 2.29. The van der Waals surface area contributed by atoms with E-state index < -0.39 is 11.6 Å². The molecular weight excluding hydrogens is 236 g/mol. The Hall–Kier alpha value is -1.29. The molecule has 0 amide bonds. The highest BCUT2D eigenvalue weighted by atomic mass is 19.2. The summed E-state index contributed by atoms with van der Waals surface area (Å²) < 4.78 is 26.6. The molecule has 4 heteroatoms. The Bertz CT molecular complexity index is 515. The zero-order valence-electron chi connectivity index (χ0n) is 10.2. The van der Waals surface area contributed by atoms with Crippen LogP contribution in [0.5, 0.6) is 0 Å². The molecule has 0 N–H and O–H groups in total. The lowest BCUT2D eigenvalue weighted by molar-refractivity contribution is 0.0886. The number of hydrogen-bond donors (Lipinski definition) is 0. The Balaban J connectivity index is 2.09. The number of Topliss-reactive ketones (excluding diaryl/α,β-unsaturated/α-hetero) is 1. The third-order valence-corrected chi connectivity index (χ3v) is 4.20. The van der Waals surface area contributed by atoms with Gasteiger partial charge in [0.2, 0.25) is 0 Å². The first kappa shape index (κ1) is 11.8. The maximum atomic E-state index is 13.4. The van der Waals surface area contributed by atoms with Crippen molar-refractivity contribution in [2.75, 3.05) is 20.1 Å². The van der Waals surface area contributed by atoms with E-state index in [-0.39, 0.29) is 17.6 Å². The van der Waals surface area contributed by atoms with Crippen LogP contribution in [0.1, 0.15) is 34.7 Å². The van der Waals surface area contributed by atoms with Gasteiger partial charge >= 0.3 is 0 Å². The van der Waals surface area contributed by atoms with Gasteiger partial charge in [-0.3, -0.25) is 4.79 Å². The number of carbonyl (C=O) groups is 1. The van der Waals surface area contributed by atoms with Gasteiger partial charge in [-0.2, -0.15) is 0 Å². The molecule has 1 aromatic carbocycles. The first-order chi connectivity index (χ1) is 8.56. The predicted octanol–water partition coefficient (Wildman–Crippen LogP) is 2.59. The van der Waals surface area contributed by atoms with Crippen molar-refractivity contribution < 1.29 is 13.6 Å². The second-order valence-corrected chi connectivity index (χ2v) is 5.40. The minimum atomic E-state index is -0.926. The molecule has 1 aromatic rings. The number of ketones is 1. The summed E-state index contributed by atoms with van der Waals surface area (Å²) in [6.45, 7) is 1.78. The Labute approximate surface area is 105 Å². The van der Waals surface area contributed by atoms with Gasteiger partial charge in [0.25, 0.3) is 0 Å². The van der Waals surface area contributed by atoms with Crippen molar-refractivity contribution in [2.45, 2.75) is 18.8 Å². The highest BCUT2D eigenvalue weighted by molar-refractivity contribution is 5.99. The van der Waals surface area contributed by atoms with E-state index in [4.69, 9.17) is 0 Å². The average Bonchev–Trinajstić information content (AvgIpc) is 2.33. The van der Waals surface area contributed by atoms with Crippen LogP contribution in [0.4, 0.5) is 8.78 Å². The quantitative estimate of drug-likeness (QED) is 0.706. The van der Waals surface area contributed by atoms with Crippen molar-refractivity contribution in [1.29, 1.82) is 0 Å². The fourth-order valence-electron chi connectivity index (χ4n) is 3.22. The Morgan fingerprint density at radius 2 is 2.00 bits per heavy atom. The van der Waals surface area contributed by atoms with Gasteiger partial charge in [-0.1, -0.05) is 0 Å². The van der Waals surface area contributed by atoms with E-state index in [1.165, 1.54) is 6.07 Å². The second-order valence-electron chi connectivity index (χ2n) is 5.40.